The summed E-state index contributed by atoms with van der Waals surface area (Å²) in [6, 6.07) is 7.41. The number of halogens is 2. The van der Waals surface area contributed by atoms with Crippen molar-refractivity contribution in [2.45, 2.75) is 46.1 Å². The second kappa shape index (κ2) is 12.0. The zero-order chi connectivity index (χ0) is 31.0. The first-order valence-corrected chi connectivity index (χ1v) is 14.5. The highest BCUT2D eigenvalue weighted by Gasteiger charge is 2.31. The molecule has 9 nitrogen and oxygen atoms in total. The van der Waals surface area contributed by atoms with Gasteiger partial charge in [0.05, 0.1) is 27.5 Å². The maximum atomic E-state index is 15.3. The Balaban J connectivity index is 1.86. The number of hydrogen-bond donors (Lipinski definition) is 0. The van der Waals surface area contributed by atoms with Crippen molar-refractivity contribution in [1.82, 2.24) is 24.4 Å². The summed E-state index contributed by atoms with van der Waals surface area (Å²) in [5.74, 6) is -0.530. The molecule has 0 spiro atoms. The zero-order valence-corrected chi connectivity index (χ0v) is 25.2. The smallest absolute Gasteiger partial charge is 0.350 e. The van der Waals surface area contributed by atoms with E-state index in [1.807, 2.05) is 38.7 Å². The maximum Gasteiger partial charge on any atom is 0.355 e. The Morgan fingerprint density at radius 3 is 2.67 bits per heavy atom. The molecule has 11 heteroatoms. The van der Waals surface area contributed by atoms with Crippen LogP contribution in [0.4, 0.5) is 10.2 Å². The number of fused-ring (bicyclic) bond motifs is 1. The number of rotatable bonds is 7. The van der Waals surface area contributed by atoms with Gasteiger partial charge in [-0.15, -0.1) is 0 Å². The summed E-state index contributed by atoms with van der Waals surface area (Å²) in [4.78, 5) is 56.0. The molecule has 43 heavy (non-hydrogen) atoms. The summed E-state index contributed by atoms with van der Waals surface area (Å²) in [6.45, 7) is 12.7. The number of benzene rings is 1. The number of amides is 1. The molecule has 0 bridgehead atoms. The number of piperazine rings is 1. The third kappa shape index (κ3) is 5.31. The number of aryl methyl sites for hydroxylation is 1. The molecule has 1 saturated heterocycles. The van der Waals surface area contributed by atoms with Gasteiger partial charge in [-0.3, -0.25) is 14.6 Å². The molecule has 1 aromatic carbocycles. The van der Waals surface area contributed by atoms with E-state index in [1.54, 1.807) is 17.2 Å². The molecule has 1 atom stereocenters. The largest absolute Gasteiger partial charge is 0.355 e. The van der Waals surface area contributed by atoms with E-state index in [0.717, 1.165) is 5.56 Å². The lowest BCUT2D eigenvalue weighted by molar-refractivity contribution is -0.126. The maximum absolute atomic E-state index is 15.3. The summed E-state index contributed by atoms with van der Waals surface area (Å²) >= 11 is 6.79. The van der Waals surface area contributed by atoms with Gasteiger partial charge >= 0.3 is 5.69 Å². The third-order valence-electron chi connectivity index (χ3n) is 7.78. The molecule has 1 aliphatic heterocycles. The molecular weight excluding hydrogens is 573 g/mol. The van der Waals surface area contributed by atoms with E-state index in [1.165, 1.54) is 28.8 Å². The molecule has 0 unspecified atom stereocenters. The van der Waals surface area contributed by atoms with E-state index in [0.29, 0.717) is 54.9 Å². The fraction of sp³-hybridized carbons (Fsp3) is 0.312. The van der Waals surface area contributed by atoms with Gasteiger partial charge in [0.15, 0.2) is 11.9 Å². The summed E-state index contributed by atoms with van der Waals surface area (Å²) < 4.78 is 16.7. The van der Waals surface area contributed by atoms with Crippen molar-refractivity contribution in [3.63, 3.8) is 0 Å². The monoisotopic (exact) mass is 604 g/mol. The van der Waals surface area contributed by atoms with Gasteiger partial charge in [-0.1, -0.05) is 51.1 Å². The Bertz CT molecular complexity index is 1820. The molecule has 4 aromatic rings. The Morgan fingerprint density at radius 2 is 2.02 bits per heavy atom. The Morgan fingerprint density at radius 1 is 1.26 bits per heavy atom. The minimum absolute atomic E-state index is 0.0298. The molecule has 222 valence electrons. The number of nitrogens with zero attached hydrogens (tertiary/aromatic N) is 6. The number of hydrogen-bond acceptors (Lipinski definition) is 7. The number of aromatic nitrogens is 4. The van der Waals surface area contributed by atoms with Crippen molar-refractivity contribution < 1.29 is 14.0 Å². The molecule has 0 N–H and O–H groups in total. The fourth-order valence-electron chi connectivity index (χ4n) is 5.67. The van der Waals surface area contributed by atoms with Crippen molar-refractivity contribution in [2.75, 3.05) is 24.5 Å². The van der Waals surface area contributed by atoms with E-state index in [4.69, 9.17) is 16.6 Å². The van der Waals surface area contributed by atoms with Gasteiger partial charge < -0.3 is 9.80 Å². The molecule has 1 fully saturated rings. The predicted octanol–water partition coefficient (Wildman–Crippen LogP) is 5.36. The number of anilines is 1. The Kier molecular flexibility index (Phi) is 8.41. The van der Waals surface area contributed by atoms with Crippen LogP contribution in [-0.2, 0) is 11.2 Å². The van der Waals surface area contributed by atoms with Gasteiger partial charge in [0.1, 0.15) is 11.6 Å². The summed E-state index contributed by atoms with van der Waals surface area (Å²) in [5.41, 5.74) is 1.77. The molecule has 5 rings (SSSR count). The van der Waals surface area contributed by atoms with E-state index in [2.05, 4.69) is 16.5 Å². The van der Waals surface area contributed by atoms with Crippen LogP contribution in [0.1, 0.15) is 55.2 Å². The first kappa shape index (κ1) is 30.0. The molecule has 3 aromatic heterocycles. The minimum atomic E-state index is -0.670. The molecule has 1 amide bonds. The molecule has 4 heterocycles. The van der Waals surface area contributed by atoms with Crippen LogP contribution in [0, 0.1) is 5.82 Å². The first-order valence-electron chi connectivity index (χ1n) is 14.1. The summed E-state index contributed by atoms with van der Waals surface area (Å²) in [6.07, 6.45) is 4.14. The molecule has 1 aliphatic rings. The van der Waals surface area contributed by atoms with Crippen molar-refractivity contribution in [3.8, 4) is 16.9 Å². The average molecular weight is 605 g/mol. The summed E-state index contributed by atoms with van der Waals surface area (Å²) in [7, 11) is 0. The van der Waals surface area contributed by atoms with Crippen LogP contribution in [-0.4, -0.2) is 62.3 Å². The molecule has 0 aliphatic carbocycles. The van der Waals surface area contributed by atoms with Gasteiger partial charge in [-0.2, -0.15) is 4.98 Å². The van der Waals surface area contributed by atoms with Crippen LogP contribution in [0.25, 0.3) is 28.0 Å². The molecule has 0 saturated carbocycles. The van der Waals surface area contributed by atoms with E-state index in [-0.39, 0.29) is 45.4 Å². The summed E-state index contributed by atoms with van der Waals surface area (Å²) in [5, 5.41) is 0.557. The molecule has 0 radical (unpaired) electrons. The quantitative estimate of drug-likeness (QED) is 0.159. The van der Waals surface area contributed by atoms with Crippen LogP contribution < -0.4 is 10.6 Å². The fourth-order valence-corrected chi connectivity index (χ4v) is 5.92. The Labute approximate surface area is 253 Å². The van der Waals surface area contributed by atoms with Crippen LogP contribution in [0.3, 0.4) is 0 Å². The highest BCUT2D eigenvalue weighted by molar-refractivity contribution is 6.34. The topological polar surface area (TPSA) is 101 Å². The van der Waals surface area contributed by atoms with Crippen LogP contribution >= 0.6 is 11.6 Å². The van der Waals surface area contributed by atoms with Crippen LogP contribution in [0.5, 0.6) is 0 Å². The van der Waals surface area contributed by atoms with E-state index in [9.17, 15) is 14.4 Å². The zero-order valence-electron chi connectivity index (χ0n) is 24.5. The second-order valence-corrected chi connectivity index (χ2v) is 11.2. The van der Waals surface area contributed by atoms with Crippen molar-refractivity contribution in [1.29, 1.82) is 0 Å². The standard InChI is InChI=1S/C32H32ClFN6O3/c1-6-20-11-12-35-27(18(3)4)29(20)40-31-22(15-23(33)28(36-31)26-21(17-41)9-8-10-24(26)34)30(37-32(40)43)39-14-13-38(16-19(39)5)25(42)7-2/h7-12,15,17-19H,2,6,13-14,16H2,1,3-5H3/t19-/m0/s1/i42+2. The van der Waals surface area contributed by atoms with Gasteiger partial charge in [0, 0.05) is 43.0 Å². The van der Waals surface area contributed by atoms with Crippen LogP contribution in [0.15, 0.2) is 54.0 Å². The van der Waals surface area contributed by atoms with Gasteiger partial charge in [-0.25, -0.2) is 18.7 Å². The lowest BCUT2D eigenvalue weighted by Crippen LogP contribution is -2.54. The lowest BCUT2D eigenvalue weighted by atomic mass is 10.0. The molecular formula is C32H32ClFN6O3. The number of aldehydes is 1. The Hall–Kier alpha value is -4.44. The number of carbonyl (C=O) groups is 2. The third-order valence-corrected chi connectivity index (χ3v) is 8.07. The average Bonchev–Trinajstić information content (AvgIpc) is 3.00. The van der Waals surface area contributed by atoms with Crippen molar-refractivity contribution in [2.24, 2.45) is 0 Å². The van der Waals surface area contributed by atoms with Gasteiger partial charge in [-0.05, 0) is 49.1 Å². The predicted molar refractivity (Wildman–Crippen MR) is 166 cm³/mol. The lowest BCUT2D eigenvalue weighted by Gasteiger charge is -2.40. The van der Waals surface area contributed by atoms with Gasteiger partial charge in [0.25, 0.3) is 0 Å². The minimum Gasteiger partial charge on any atom is -0.350 e. The second-order valence-electron chi connectivity index (χ2n) is 10.8. The highest BCUT2D eigenvalue weighted by Crippen LogP contribution is 2.37. The van der Waals surface area contributed by atoms with E-state index >= 15 is 4.39 Å². The van der Waals surface area contributed by atoms with E-state index < -0.39 is 11.5 Å². The van der Waals surface area contributed by atoms with Crippen molar-refractivity contribution in [3.05, 3.63) is 87.3 Å². The normalized spacial score (nSPS) is 15.3. The van der Waals surface area contributed by atoms with Crippen LogP contribution in [0.2, 0.25) is 5.02 Å². The first-order chi connectivity index (χ1) is 20.6. The highest BCUT2D eigenvalue weighted by atomic mass is 35.5. The number of pyridine rings is 2. The SMILES string of the molecule is C=CC(=[18O])N1CCN(c2nc(=O)n(-c3c(CC)ccnc3C(C)C)c3nc(-c4c(F)cccc4C=O)c(Cl)cc23)[C@@H](C)C1. The van der Waals surface area contributed by atoms with Crippen molar-refractivity contribution >= 4 is 40.6 Å². The number of carbonyl (C=O) groups excluding carboxylic acids is 2. The van der Waals surface area contributed by atoms with Gasteiger partial charge in [0.2, 0.25) is 5.91 Å².